The summed E-state index contributed by atoms with van der Waals surface area (Å²) >= 11 is 0. The van der Waals surface area contributed by atoms with E-state index in [1.54, 1.807) is 0 Å². The minimum Gasteiger partial charge on any atom is -0.455 e. The molecule has 34 heavy (non-hydrogen) atoms. The molecule has 0 aliphatic heterocycles. The Morgan fingerprint density at radius 3 is 2.47 bits per heavy atom. The van der Waals surface area contributed by atoms with E-state index in [1.165, 1.54) is 0 Å². The average Bonchev–Trinajstić information content (AvgIpc) is 3.28. The maximum atomic E-state index is 13.3. The zero-order valence-corrected chi connectivity index (χ0v) is 19.2. The summed E-state index contributed by atoms with van der Waals surface area (Å²) in [6.07, 6.45) is 0. The number of hydrogen-bond acceptors (Lipinski definition) is 6. The number of aromatic amines is 1. The Morgan fingerprint density at radius 1 is 1.00 bits per heavy atom. The summed E-state index contributed by atoms with van der Waals surface area (Å²) in [4.78, 5) is 16.3. The average molecular weight is 452 g/mol. The number of anilines is 2. The molecule has 0 saturated heterocycles. The van der Waals surface area contributed by atoms with Crippen LogP contribution in [0.2, 0.25) is 0 Å². The summed E-state index contributed by atoms with van der Waals surface area (Å²) in [6.45, 7) is 5.85. The van der Waals surface area contributed by atoms with E-state index in [4.69, 9.17) is 10.2 Å². The lowest BCUT2D eigenvalue weighted by atomic mass is 9.98. The topological polar surface area (TPSA) is 110 Å². The molecule has 7 heteroatoms. The second-order valence-corrected chi connectivity index (χ2v) is 8.45. The molecule has 1 atom stereocenters. The number of nitrogens with two attached hydrogens (primary N) is 1. The third-order valence-corrected chi connectivity index (χ3v) is 5.95. The third kappa shape index (κ3) is 3.81. The van der Waals surface area contributed by atoms with E-state index in [2.05, 4.69) is 26.6 Å². The van der Waals surface area contributed by atoms with Crippen LogP contribution in [0.15, 0.2) is 75.9 Å². The third-order valence-electron chi connectivity index (χ3n) is 5.95. The minimum absolute atomic E-state index is 0.0187. The Kier molecular flexibility index (Phi) is 5.37. The van der Waals surface area contributed by atoms with Gasteiger partial charge in [-0.2, -0.15) is 0 Å². The first-order chi connectivity index (χ1) is 16.4. The van der Waals surface area contributed by atoms with Crippen LogP contribution in [0.1, 0.15) is 29.7 Å². The quantitative estimate of drug-likeness (QED) is 0.320. The van der Waals surface area contributed by atoms with Crippen molar-refractivity contribution in [1.82, 2.24) is 15.2 Å². The van der Waals surface area contributed by atoms with Crippen molar-refractivity contribution in [2.24, 2.45) is 0 Å². The zero-order chi connectivity index (χ0) is 23.8. The van der Waals surface area contributed by atoms with Crippen molar-refractivity contribution < 1.29 is 4.42 Å². The molecule has 4 N–H and O–H groups in total. The van der Waals surface area contributed by atoms with Gasteiger partial charge in [-0.1, -0.05) is 48.5 Å². The minimum atomic E-state index is -0.168. The maximum Gasteiger partial charge on any atom is 0.219 e. The molecule has 2 heterocycles. The van der Waals surface area contributed by atoms with Crippen molar-refractivity contribution in [2.75, 3.05) is 11.1 Å². The molecule has 5 rings (SSSR count). The summed E-state index contributed by atoms with van der Waals surface area (Å²) < 4.78 is 6.44. The van der Waals surface area contributed by atoms with Gasteiger partial charge < -0.3 is 20.5 Å². The molecule has 0 aliphatic rings. The number of hydrogen-bond donors (Lipinski definition) is 3. The number of para-hydroxylation sites is 1. The van der Waals surface area contributed by atoms with Gasteiger partial charge in [-0.15, -0.1) is 10.2 Å². The molecule has 0 saturated carbocycles. The van der Waals surface area contributed by atoms with Crippen LogP contribution in [0.5, 0.6) is 0 Å². The van der Waals surface area contributed by atoms with Crippen molar-refractivity contribution in [3.05, 3.63) is 93.6 Å². The lowest BCUT2D eigenvalue weighted by Gasteiger charge is -2.20. The van der Waals surface area contributed by atoms with E-state index in [9.17, 15) is 4.79 Å². The predicted octanol–water partition coefficient (Wildman–Crippen LogP) is 5.62. The number of aryl methyl sites for hydroxylation is 1. The first-order valence-electron chi connectivity index (χ1n) is 11.1. The van der Waals surface area contributed by atoms with Crippen molar-refractivity contribution in [2.45, 2.75) is 26.8 Å². The van der Waals surface area contributed by atoms with Crippen molar-refractivity contribution in [1.29, 1.82) is 0 Å². The molecular formula is C27H25N5O2. The fourth-order valence-electron chi connectivity index (χ4n) is 4.28. The molecule has 0 radical (unpaired) electrons. The zero-order valence-electron chi connectivity index (χ0n) is 19.2. The normalized spacial score (nSPS) is 12.1. The van der Waals surface area contributed by atoms with E-state index in [0.717, 1.165) is 27.9 Å². The fourth-order valence-corrected chi connectivity index (χ4v) is 4.28. The van der Waals surface area contributed by atoms with Crippen LogP contribution in [0.4, 0.5) is 11.6 Å². The molecule has 0 fully saturated rings. The van der Waals surface area contributed by atoms with Gasteiger partial charge in [-0.25, -0.2) is 0 Å². The number of fused-ring (bicyclic) bond motifs is 1. The fraction of sp³-hybridized carbons (Fsp3) is 0.148. The second-order valence-electron chi connectivity index (χ2n) is 8.45. The van der Waals surface area contributed by atoms with E-state index in [1.807, 2.05) is 81.4 Å². The van der Waals surface area contributed by atoms with Gasteiger partial charge in [0.2, 0.25) is 5.95 Å². The summed E-state index contributed by atoms with van der Waals surface area (Å²) in [6, 6.07) is 21.3. The molecule has 3 aromatic carbocycles. The number of benzene rings is 3. The van der Waals surface area contributed by atoms with E-state index < -0.39 is 0 Å². The molecule has 0 unspecified atom stereocenters. The highest BCUT2D eigenvalue weighted by Crippen LogP contribution is 2.34. The molecule has 0 spiro atoms. The lowest BCUT2D eigenvalue weighted by Crippen LogP contribution is -2.13. The van der Waals surface area contributed by atoms with E-state index >= 15 is 0 Å². The monoisotopic (exact) mass is 451 g/mol. The smallest absolute Gasteiger partial charge is 0.219 e. The van der Waals surface area contributed by atoms with Crippen LogP contribution < -0.4 is 16.5 Å². The van der Waals surface area contributed by atoms with E-state index in [0.29, 0.717) is 28.1 Å². The van der Waals surface area contributed by atoms with Gasteiger partial charge in [0.15, 0.2) is 11.3 Å². The summed E-state index contributed by atoms with van der Waals surface area (Å²) in [7, 11) is 0. The van der Waals surface area contributed by atoms with Gasteiger partial charge in [0.1, 0.15) is 11.3 Å². The van der Waals surface area contributed by atoms with Crippen LogP contribution in [-0.4, -0.2) is 15.2 Å². The Hall–Kier alpha value is -4.39. The van der Waals surface area contributed by atoms with Crippen LogP contribution in [0.3, 0.4) is 0 Å². The van der Waals surface area contributed by atoms with E-state index in [-0.39, 0.29) is 17.4 Å². The van der Waals surface area contributed by atoms with Crippen molar-refractivity contribution >= 4 is 22.6 Å². The SMILES string of the molecule is Cc1cc([C@@H](C)Nc2ccccc2-c2nnc(N)[nH]2)c2oc(-c3ccccc3)c(C)c(=O)c2c1. The molecule has 0 aliphatic carbocycles. The summed E-state index contributed by atoms with van der Waals surface area (Å²) in [5, 5.41) is 12.1. The van der Waals surface area contributed by atoms with Crippen LogP contribution in [-0.2, 0) is 0 Å². The molecule has 170 valence electrons. The lowest BCUT2D eigenvalue weighted by molar-refractivity contribution is 0.605. The Bertz CT molecular complexity index is 1550. The van der Waals surface area contributed by atoms with Crippen molar-refractivity contribution in [3.63, 3.8) is 0 Å². The number of aromatic nitrogens is 3. The van der Waals surface area contributed by atoms with Gasteiger partial charge in [-0.05, 0) is 44.5 Å². The van der Waals surface area contributed by atoms with Gasteiger partial charge in [0, 0.05) is 27.9 Å². The highest BCUT2D eigenvalue weighted by Gasteiger charge is 2.20. The van der Waals surface area contributed by atoms with Gasteiger partial charge in [-0.3, -0.25) is 4.79 Å². The Labute approximate surface area is 196 Å². The molecular weight excluding hydrogens is 426 g/mol. The predicted molar refractivity (Wildman–Crippen MR) is 136 cm³/mol. The number of H-pyrrole nitrogens is 1. The van der Waals surface area contributed by atoms with Crippen molar-refractivity contribution in [3.8, 4) is 22.7 Å². The summed E-state index contributed by atoms with van der Waals surface area (Å²) in [5.74, 6) is 1.43. The van der Waals surface area contributed by atoms with Gasteiger partial charge in [0.25, 0.3) is 0 Å². The number of nitrogen functional groups attached to an aromatic ring is 1. The highest BCUT2D eigenvalue weighted by atomic mass is 16.3. The van der Waals surface area contributed by atoms with Crippen LogP contribution in [0.25, 0.3) is 33.7 Å². The largest absolute Gasteiger partial charge is 0.455 e. The standard InChI is InChI=1S/C27H25N5O2/c1-15-13-20(17(3)29-22-12-8-7-11-19(22)26-30-27(28)32-31-26)25-21(14-15)23(33)16(2)24(34-25)18-9-5-4-6-10-18/h4-14,17,29H,1-3H3,(H3,28,30,31,32)/t17-/m1/s1. The molecule has 0 amide bonds. The molecule has 0 bridgehead atoms. The van der Waals surface area contributed by atoms with Gasteiger partial charge >= 0.3 is 0 Å². The molecule has 7 nitrogen and oxygen atoms in total. The van der Waals surface area contributed by atoms with Crippen LogP contribution >= 0.6 is 0 Å². The Balaban J connectivity index is 1.63. The number of nitrogens with one attached hydrogen (secondary N) is 2. The van der Waals surface area contributed by atoms with Crippen LogP contribution in [0, 0.1) is 13.8 Å². The molecule has 2 aromatic heterocycles. The number of rotatable bonds is 5. The Morgan fingerprint density at radius 2 is 1.74 bits per heavy atom. The first-order valence-corrected chi connectivity index (χ1v) is 11.1. The summed E-state index contributed by atoms with van der Waals surface area (Å²) in [5.41, 5.74) is 11.4. The number of nitrogens with zero attached hydrogens (tertiary/aromatic N) is 2. The highest BCUT2D eigenvalue weighted by molar-refractivity contribution is 5.85. The molecule has 5 aromatic rings. The van der Waals surface area contributed by atoms with Gasteiger partial charge in [0.05, 0.1) is 11.4 Å². The first kappa shape index (κ1) is 21.5. The second kappa shape index (κ2) is 8.51. The maximum absolute atomic E-state index is 13.3.